The van der Waals surface area contributed by atoms with Gasteiger partial charge in [-0.15, -0.1) is 0 Å². The predicted molar refractivity (Wildman–Crippen MR) is 45.1 cm³/mol. The van der Waals surface area contributed by atoms with Gasteiger partial charge in [0.05, 0.1) is 6.54 Å². The lowest BCUT2D eigenvalue weighted by atomic mass is 10.3. The molecule has 0 aliphatic carbocycles. The second-order valence-corrected chi connectivity index (χ2v) is 2.86. The van der Waals surface area contributed by atoms with Crippen LogP contribution in [0.5, 0.6) is 0 Å². The molecule has 3 N–H and O–H groups in total. The third kappa shape index (κ3) is 1.33. The van der Waals surface area contributed by atoms with E-state index < -0.39 is 0 Å². The molecule has 5 nitrogen and oxygen atoms in total. The Morgan fingerprint density at radius 3 is 2.67 bits per heavy atom. The van der Waals surface area contributed by atoms with Gasteiger partial charge in [-0.05, 0) is 0 Å². The number of carbonyl (C=O) groups is 1. The van der Waals surface area contributed by atoms with Crippen molar-refractivity contribution in [1.82, 2.24) is 16.0 Å². The van der Waals surface area contributed by atoms with Gasteiger partial charge < -0.3 is 5.32 Å². The number of rotatable bonds is 2. The highest BCUT2D eigenvalue weighted by Gasteiger charge is 2.26. The Bertz CT molecular complexity index is 219. The molecule has 0 aromatic heterocycles. The van der Waals surface area contributed by atoms with Crippen LogP contribution in [0.4, 0.5) is 0 Å². The molecule has 66 valence electrons. The summed E-state index contributed by atoms with van der Waals surface area (Å²) in [4.78, 5) is 15.6. The van der Waals surface area contributed by atoms with E-state index in [9.17, 15) is 4.79 Å². The van der Waals surface area contributed by atoms with Crippen LogP contribution in [0.25, 0.3) is 0 Å². The number of carbonyl (C=O) groups excluding carboxylic acids is 1. The van der Waals surface area contributed by atoms with Gasteiger partial charge in [-0.25, -0.2) is 0 Å². The highest BCUT2D eigenvalue weighted by molar-refractivity contribution is 6.41. The van der Waals surface area contributed by atoms with Crippen LogP contribution in [0.2, 0.25) is 0 Å². The van der Waals surface area contributed by atoms with E-state index in [1.165, 1.54) is 0 Å². The van der Waals surface area contributed by atoms with Gasteiger partial charge in [-0.2, -0.15) is 0 Å². The van der Waals surface area contributed by atoms with Crippen LogP contribution in [-0.4, -0.2) is 44.0 Å². The normalized spacial score (nSPS) is 23.8. The monoisotopic (exact) mass is 168 g/mol. The molecule has 2 aliphatic heterocycles. The van der Waals surface area contributed by atoms with E-state index in [1.807, 2.05) is 0 Å². The lowest BCUT2D eigenvalue weighted by molar-refractivity contribution is -0.115. The first kappa shape index (κ1) is 7.70. The average molecular weight is 168 g/mol. The molecule has 0 atom stereocenters. The first-order chi connectivity index (χ1) is 5.88. The number of nitrogens with zero attached hydrogens (tertiary/aromatic N) is 1. The summed E-state index contributed by atoms with van der Waals surface area (Å²) in [5.74, 6) is 0.548. The Morgan fingerprint density at radius 1 is 1.33 bits per heavy atom. The third-order valence-electron chi connectivity index (χ3n) is 1.99. The lowest BCUT2D eigenvalue weighted by Gasteiger charge is -2.08. The molecule has 2 rings (SSSR count). The zero-order chi connectivity index (χ0) is 8.39. The molecule has 1 fully saturated rings. The molecule has 5 heteroatoms. The van der Waals surface area contributed by atoms with Crippen LogP contribution >= 0.6 is 0 Å². The Balaban J connectivity index is 1.98. The van der Waals surface area contributed by atoms with Crippen molar-refractivity contribution in [3.8, 4) is 0 Å². The van der Waals surface area contributed by atoms with E-state index >= 15 is 0 Å². The Morgan fingerprint density at radius 2 is 2.08 bits per heavy atom. The first-order valence-electron chi connectivity index (χ1n) is 4.17. The number of aliphatic imine (C=N–C) groups is 1. The van der Waals surface area contributed by atoms with E-state index in [-0.39, 0.29) is 11.9 Å². The van der Waals surface area contributed by atoms with Gasteiger partial charge in [0, 0.05) is 19.6 Å². The molecule has 0 spiro atoms. The van der Waals surface area contributed by atoms with E-state index in [0.29, 0.717) is 12.4 Å². The second kappa shape index (κ2) is 3.20. The molecule has 0 aromatic rings. The second-order valence-electron chi connectivity index (χ2n) is 2.86. The van der Waals surface area contributed by atoms with Gasteiger partial charge in [0.25, 0.3) is 0 Å². The van der Waals surface area contributed by atoms with Crippen LogP contribution in [0.3, 0.4) is 0 Å². The van der Waals surface area contributed by atoms with Gasteiger partial charge in [0.1, 0.15) is 6.17 Å². The predicted octanol–water partition coefficient (Wildman–Crippen LogP) is -1.92. The Kier molecular flexibility index (Phi) is 2.05. The van der Waals surface area contributed by atoms with Crippen LogP contribution in [-0.2, 0) is 4.79 Å². The summed E-state index contributed by atoms with van der Waals surface area (Å²) in [7, 11) is 0. The molecule has 0 aromatic carbocycles. The van der Waals surface area contributed by atoms with Crippen molar-refractivity contribution in [2.45, 2.75) is 6.17 Å². The van der Waals surface area contributed by atoms with Gasteiger partial charge >= 0.3 is 0 Å². The molecule has 2 aliphatic rings. The van der Waals surface area contributed by atoms with Crippen LogP contribution < -0.4 is 16.0 Å². The van der Waals surface area contributed by atoms with Gasteiger partial charge in [-0.3, -0.25) is 20.4 Å². The van der Waals surface area contributed by atoms with E-state index in [1.54, 1.807) is 0 Å². The quantitative estimate of drug-likeness (QED) is 0.449. The number of hydrogen-bond acceptors (Lipinski definition) is 5. The van der Waals surface area contributed by atoms with E-state index in [0.717, 1.165) is 19.6 Å². The largest absolute Gasteiger partial charge is 0.365 e. The van der Waals surface area contributed by atoms with Crippen molar-refractivity contribution in [1.29, 1.82) is 0 Å². The molecular formula is C7H12N4O. The maximum Gasteiger partial charge on any atom is 0.228 e. The summed E-state index contributed by atoms with van der Waals surface area (Å²) in [6.07, 6.45) is -0.227. The van der Waals surface area contributed by atoms with Gasteiger partial charge in [0.15, 0.2) is 5.84 Å². The molecule has 0 unspecified atom stereocenters. The molecule has 12 heavy (non-hydrogen) atoms. The number of ketones is 1. The summed E-state index contributed by atoms with van der Waals surface area (Å²) in [6, 6.07) is 0. The van der Waals surface area contributed by atoms with Crippen molar-refractivity contribution in [2.24, 2.45) is 4.99 Å². The van der Waals surface area contributed by atoms with Gasteiger partial charge in [0.2, 0.25) is 5.78 Å². The van der Waals surface area contributed by atoms with Crippen molar-refractivity contribution in [3.05, 3.63) is 0 Å². The summed E-state index contributed by atoms with van der Waals surface area (Å²) in [5, 5.41) is 9.06. The summed E-state index contributed by atoms with van der Waals surface area (Å²) < 4.78 is 0. The lowest BCUT2D eigenvalue weighted by Crippen LogP contribution is -2.46. The van der Waals surface area contributed by atoms with Crippen molar-refractivity contribution < 1.29 is 4.79 Å². The zero-order valence-corrected chi connectivity index (χ0v) is 6.76. The molecule has 1 saturated heterocycles. The fourth-order valence-corrected chi connectivity index (χ4v) is 1.39. The van der Waals surface area contributed by atoms with E-state index in [2.05, 4.69) is 20.9 Å². The standard InChI is InChI=1S/C7H12N4O/c12-5(6-8-1-2-9-6)7-10-3-4-11-7/h6,8-9H,1-4H2,(H,10,11). The number of hydrogen-bond donors (Lipinski definition) is 3. The van der Waals surface area contributed by atoms with Crippen molar-refractivity contribution in [3.63, 3.8) is 0 Å². The fraction of sp³-hybridized carbons (Fsp3) is 0.714. The molecule has 0 radical (unpaired) electrons. The smallest absolute Gasteiger partial charge is 0.228 e. The maximum absolute atomic E-state index is 11.5. The van der Waals surface area contributed by atoms with E-state index in [4.69, 9.17) is 0 Å². The summed E-state index contributed by atoms with van der Waals surface area (Å²) in [6.45, 7) is 3.20. The molecule has 0 bridgehead atoms. The number of nitrogens with one attached hydrogen (secondary N) is 3. The molecule has 0 saturated carbocycles. The Labute approximate surface area is 70.6 Å². The number of Topliss-reactive ketones (excluding diaryl/α,β-unsaturated/α-hetero) is 1. The first-order valence-corrected chi connectivity index (χ1v) is 4.17. The highest BCUT2D eigenvalue weighted by Crippen LogP contribution is 1.93. The minimum Gasteiger partial charge on any atom is -0.365 e. The van der Waals surface area contributed by atoms with Crippen molar-refractivity contribution >= 4 is 11.6 Å². The summed E-state index contributed by atoms with van der Waals surface area (Å²) >= 11 is 0. The Hall–Kier alpha value is -0.940. The minimum atomic E-state index is -0.227. The maximum atomic E-state index is 11.5. The van der Waals surface area contributed by atoms with Crippen LogP contribution in [0.15, 0.2) is 4.99 Å². The van der Waals surface area contributed by atoms with Crippen LogP contribution in [0.1, 0.15) is 0 Å². The van der Waals surface area contributed by atoms with Gasteiger partial charge in [-0.1, -0.05) is 0 Å². The van der Waals surface area contributed by atoms with Crippen LogP contribution in [0, 0.1) is 0 Å². The summed E-state index contributed by atoms with van der Waals surface area (Å²) in [5.41, 5.74) is 0. The molecular weight excluding hydrogens is 156 g/mol. The minimum absolute atomic E-state index is 0.0324. The number of amidine groups is 1. The zero-order valence-electron chi connectivity index (χ0n) is 6.76. The SMILES string of the molecule is O=C(C1=NCCN1)C1NCCN1. The average Bonchev–Trinajstić information content (AvgIpc) is 2.77. The molecule has 0 amide bonds. The molecule has 2 heterocycles. The topological polar surface area (TPSA) is 65.5 Å². The highest BCUT2D eigenvalue weighted by atomic mass is 16.1. The third-order valence-corrected chi connectivity index (χ3v) is 1.99. The van der Waals surface area contributed by atoms with Crippen molar-refractivity contribution in [2.75, 3.05) is 26.2 Å². The fourth-order valence-electron chi connectivity index (χ4n) is 1.39.